The molecule has 0 saturated carbocycles. The van der Waals surface area contributed by atoms with Gasteiger partial charge in [-0.15, -0.1) is 0 Å². The molecule has 34 heavy (non-hydrogen) atoms. The topological polar surface area (TPSA) is 63.4 Å². The number of imidazole rings is 1. The van der Waals surface area contributed by atoms with Crippen LogP contribution in [0.25, 0.3) is 17.1 Å². The first kappa shape index (κ1) is 20.7. The zero-order valence-electron chi connectivity index (χ0n) is 19.2. The highest BCUT2D eigenvalue weighted by atomic mass is 16.5. The van der Waals surface area contributed by atoms with E-state index < -0.39 is 0 Å². The lowest BCUT2D eigenvalue weighted by Crippen LogP contribution is -2.49. The Morgan fingerprint density at radius 1 is 1.03 bits per heavy atom. The molecule has 0 spiro atoms. The number of hydrogen-bond acceptors (Lipinski definition) is 4. The van der Waals surface area contributed by atoms with E-state index in [1.54, 1.807) is 6.92 Å². The van der Waals surface area contributed by atoms with Crippen LogP contribution in [-0.2, 0) is 25.6 Å². The summed E-state index contributed by atoms with van der Waals surface area (Å²) in [5.74, 6) is -0.620. The van der Waals surface area contributed by atoms with Gasteiger partial charge in [-0.25, -0.2) is 14.2 Å². The van der Waals surface area contributed by atoms with E-state index in [1.165, 1.54) is 11.1 Å². The summed E-state index contributed by atoms with van der Waals surface area (Å²) in [5.41, 5.74) is 7.61. The van der Waals surface area contributed by atoms with E-state index >= 15 is 0 Å². The first-order valence-electron chi connectivity index (χ1n) is 11.7. The standard InChI is InChI=1S/C28H25N2O4/c1-3-33-24(31)16-29-21-13-5-6-14-22(21)30-23(29)15-20-18-11-7-9-17-10-8-12-19(25(17)18)26(20)27(30)28(32)34-4-2/h5-15,20,25H,3-4,16H2,1-2H3/q+1. The second kappa shape index (κ2) is 7.83. The Hall–Kier alpha value is -3.93. The van der Waals surface area contributed by atoms with E-state index in [0.717, 1.165) is 27.7 Å². The molecule has 0 saturated heterocycles. The number of esters is 2. The van der Waals surface area contributed by atoms with Crippen LogP contribution in [-0.4, -0.2) is 29.7 Å². The van der Waals surface area contributed by atoms with E-state index in [9.17, 15) is 9.59 Å². The summed E-state index contributed by atoms with van der Waals surface area (Å²) in [6, 6.07) is 7.83. The number of para-hydroxylation sites is 2. The molecule has 6 heteroatoms. The van der Waals surface area contributed by atoms with Gasteiger partial charge in [0.1, 0.15) is 0 Å². The van der Waals surface area contributed by atoms with Crippen LogP contribution in [0.2, 0.25) is 0 Å². The molecule has 6 rings (SSSR count). The van der Waals surface area contributed by atoms with Crippen LogP contribution >= 0.6 is 0 Å². The minimum absolute atomic E-state index is 0.0648. The fourth-order valence-electron chi connectivity index (χ4n) is 5.68. The Morgan fingerprint density at radius 2 is 1.82 bits per heavy atom. The van der Waals surface area contributed by atoms with Crippen LogP contribution in [0.15, 0.2) is 83.0 Å². The van der Waals surface area contributed by atoms with Crippen molar-refractivity contribution in [2.24, 2.45) is 11.8 Å². The van der Waals surface area contributed by atoms with E-state index in [1.807, 2.05) is 40.0 Å². The Kier molecular flexibility index (Phi) is 4.76. The van der Waals surface area contributed by atoms with Gasteiger partial charge in [0, 0.05) is 23.5 Å². The van der Waals surface area contributed by atoms with E-state index in [2.05, 4.69) is 42.5 Å². The Labute approximate surface area is 196 Å². The molecule has 0 amide bonds. The van der Waals surface area contributed by atoms with Gasteiger partial charge in [-0.3, -0.25) is 0 Å². The summed E-state index contributed by atoms with van der Waals surface area (Å²) in [7, 11) is 0. The smallest absolute Gasteiger partial charge is 0.379 e. The predicted molar refractivity (Wildman–Crippen MR) is 127 cm³/mol. The highest BCUT2D eigenvalue weighted by Crippen LogP contribution is 2.51. The number of allylic oxidation sites excluding steroid dienone is 9. The molecule has 1 aliphatic heterocycles. The monoisotopic (exact) mass is 453 g/mol. The van der Waals surface area contributed by atoms with Gasteiger partial charge in [0.2, 0.25) is 5.71 Å². The summed E-state index contributed by atoms with van der Waals surface area (Å²) in [6.07, 6.45) is 14.9. The van der Waals surface area contributed by atoms with Crippen molar-refractivity contribution in [2.75, 3.05) is 13.2 Å². The molecule has 6 nitrogen and oxygen atoms in total. The maximum atomic E-state index is 13.5. The molecule has 0 N–H and O–H groups in total. The van der Waals surface area contributed by atoms with Gasteiger partial charge < -0.3 is 9.47 Å². The number of nitrogens with zero attached hydrogens (tertiary/aromatic N) is 2. The summed E-state index contributed by atoms with van der Waals surface area (Å²) < 4.78 is 14.8. The first-order valence-corrected chi connectivity index (χ1v) is 11.7. The third-order valence-electron chi connectivity index (χ3n) is 6.88. The van der Waals surface area contributed by atoms with Gasteiger partial charge in [-0.05, 0) is 42.7 Å². The number of ether oxygens (including phenoxy) is 2. The van der Waals surface area contributed by atoms with Crippen LogP contribution in [0, 0.1) is 17.5 Å². The number of fused-ring (bicyclic) bond motifs is 5. The lowest BCUT2D eigenvalue weighted by Gasteiger charge is -2.23. The van der Waals surface area contributed by atoms with Crippen LogP contribution in [0.1, 0.15) is 13.8 Å². The number of rotatable bonds is 5. The third kappa shape index (κ3) is 2.84. The van der Waals surface area contributed by atoms with Crippen molar-refractivity contribution in [3.63, 3.8) is 0 Å². The molecule has 0 radical (unpaired) electrons. The SMILES string of the molecule is CCOC(=O)Cn1c2[n+](c3ccccc31)=C(C(=O)OCC)C1=C3C=CC=C4C=CC=C(C1C=2)C43. The van der Waals surface area contributed by atoms with Gasteiger partial charge in [0.05, 0.1) is 13.2 Å². The highest BCUT2D eigenvalue weighted by Gasteiger charge is 2.47. The molecule has 0 bridgehead atoms. The zero-order chi connectivity index (χ0) is 23.4. The molecule has 0 fully saturated rings. The molecular weight excluding hydrogens is 428 g/mol. The minimum atomic E-state index is -0.356. The zero-order valence-corrected chi connectivity index (χ0v) is 19.2. The van der Waals surface area contributed by atoms with Gasteiger partial charge in [-0.2, -0.15) is 4.24 Å². The fraction of sp³-hybridized carbons (Fsp3) is 0.250. The largest absolute Gasteiger partial charge is 0.463 e. The summed E-state index contributed by atoms with van der Waals surface area (Å²) in [6.45, 7) is 4.29. The molecular formula is C28H25N2O4+. The Morgan fingerprint density at radius 3 is 2.65 bits per heavy atom. The van der Waals surface area contributed by atoms with E-state index in [0.29, 0.717) is 12.3 Å². The van der Waals surface area contributed by atoms with Crippen molar-refractivity contribution in [2.45, 2.75) is 20.4 Å². The number of benzene rings is 1. The van der Waals surface area contributed by atoms with Crippen molar-refractivity contribution >= 4 is 29.0 Å². The maximum absolute atomic E-state index is 13.5. The lowest BCUT2D eigenvalue weighted by atomic mass is 9.80. The van der Waals surface area contributed by atoms with Crippen molar-refractivity contribution in [3.05, 3.63) is 94.2 Å². The van der Waals surface area contributed by atoms with E-state index in [4.69, 9.17) is 9.47 Å². The van der Waals surface area contributed by atoms with Crippen LogP contribution in [0.3, 0.4) is 0 Å². The predicted octanol–water partition coefficient (Wildman–Crippen LogP) is 2.76. The molecule has 3 aliphatic carbocycles. The first-order chi connectivity index (χ1) is 16.6. The van der Waals surface area contributed by atoms with Crippen molar-refractivity contribution < 1.29 is 23.3 Å². The molecule has 1 aromatic heterocycles. The van der Waals surface area contributed by atoms with Crippen molar-refractivity contribution in [1.29, 1.82) is 0 Å². The van der Waals surface area contributed by atoms with Crippen molar-refractivity contribution in [1.82, 2.24) is 4.57 Å². The van der Waals surface area contributed by atoms with Crippen molar-refractivity contribution in [3.8, 4) is 0 Å². The van der Waals surface area contributed by atoms with Gasteiger partial charge in [0.25, 0.3) is 5.48 Å². The summed E-state index contributed by atoms with van der Waals surface area (Å²) in [5, 5.41) is 0. The number of aromatic nitrogens is 2. The molecule has 170 valence electrons. The maximum Gasteiger partial charge on any atom is 0.379 e. The number of carbonyl (C=O) groups excluding carboxylic acids is 2. The molecule has 1 aromatic carbocycles. The highest BCUT2D eigenvalue weighted by molar-refractivity contribution is 5.89. The lowest BCUT2D eigenvalue weighted by molar-refractivity contribution is -0.507. The normalized spacial score (nSPS) is 21.4. The van der Waals surface area contributed by atoms with E-state index in [-0.39, 0.29) is 36.9 Å². The Balaban J connectivity index is 1.73. The average Bonchev–Trinajstić information content (AvgIpc) is 3.33. The average molecular weight is 454 g/mol. The van der Waals surface area contributed by atoms with Gasteiger partial charge in [0.15, 0.2) is 17.6 Å². The number of carbonyl (C=O) groups is 2. The molecule has 2 unspecified atom stereocenters. The Bertz CT molecular complexity index is 1540. The second-order valence-corrected chi connectivity index (χ2v) is 8.64. The molecule has 4 aliphatic rings. The molecule has 2 aromatic rings. The fourth-order valence-corrected chi connectivity index (χ4v) is 5.68. The molecule has 2 heterocycles. The van der Waals surface area contributed by atoms with Gasteiger partial charge >= 0.3 is 11.9 Å². The summed E-state index contributed by atoms with van der Waals surface area (Å²) >= 11 is 0. The van der Waals surface area contributed by atoms with Crippen LogP contribution in [0.5, 0.6) is 0 Å². The number of hydrogen-bond donors (Lipinski definition) is 0. The van der Waals surface area contributed by atoms with Crippen LogP contribution < -0.4 is 9.72 Å². The second-order valence-electron chi connectivity index (χ2n) is 8.64. The van der Waals surface area contributed by atoms with Crippen LogP contribution in [0.4, 0.5) is 0 Å². The minimum Gasteiger partial charge on any atom is -0.463 e. The third-order valence-corrected chi connectivity index (χ3v) is 6.88. The molecule has 2 atom stereocenters. The summed E-state index contributed by atoms with van der Waals surface area (Å²) in [4.78, 5) is 26.1. The quantitative estimate of drug-likeness (QED) is 0.516. The van der Waals surface area contributed by atoms with Gasteiger partial charge in [-0.1, -0.05) is 48.6 Å².